The number of rotatable bonds is 2. The van der Waals surface area contributed by atoms with E-state index in [9.17, 15) is 4.79 Å². The van der Waals surface area contributed by atoms with Crippen LogP contribution >= 0.6 is 34.2 Å². The highest BCUT2D eigenvalue weighted by Crippen LogP contribution is 2.21. The highest BCUT2D eigenvalue weighted by molar-refractivity contribution is 14.1. The third-order valence-electron chi connectivity index (χ3n) is 2.87. The van der Waals surface area contributed by atoms with Gasteiger partial charge >= 0.3 is 5.97 Å². The van der Waals surface area contributed by atoms with Gasteiger partial charge in [0, 0.05) is 14.2 Å². The van der Waals surface area contributed by atoms with E-state index in [0.717, 1.165) is 9.13 Å². The zero-order valence-corrected chi connectivity index (χ0v) is 13.6. The van der Waals surface area contributed by atoms with Crippen molar-refractivity contribution in [3.05, 3.63) is 73.9 Å². The van der Waals surface area contributed by atoms with Crippen LogP contribution in [0.15, 0.2) is 59.2 Å². The number of ether oxygens (including phenoxy) is 1. The van der Waals surface area contributed by atoms with Gasteiger partial charge in [-0.05, 0) is 64.6 Å². The van der Waals surface area contributed by atoms with Crippen LogP contribution in [0.1, 0.15) is 11.1 Å². The third-order valence-corrected chi connectivity index (χ3v) is 3.82. The van der Waals surface area contributed by atoms with Crippen molar-refractivity contribution in [2.45, 2.75) is 0 Å². The molecule has 5 heteroatoms. The largest absolute Gasteiger partial charge is 0.402 e. The molecule has 0 fully saturated rings. The quantitative estimate of drug-likeness (QED) is 0.422. The third kappa shape index (κ3) is 3.33. The van der Waals surface area contributed by atoms with E-state index in [-0.39, 0.29) is 11.6 Å². The molecule has 0 saturated heterocycles. The maximum absolute atomic E-state index is 11.9. The van der Waals surface area contributed by atoms with Crippen LogP contribution < -0.4 is 0 Å². The first-order chi connectivity index (χ1) is 10.1. The van der Waals surface area contributed by atoms with E-state index in [2.05, 4.69) is 27.6 Å². The summed E-state index contributed by atoms with van der Waals surface area (Å²) in [5, 5.41) is 0.571. The van der Waals surface area contributed by atoms with Crippen LogP contribution in [-0.4, -0.2) is 11.9 Å². The normalized spacial score (nSPS) is 16.0. The fraction of sp³-hybridized carbons (Fsp3) is 0. The Balaban J connectivity index is 1.93. The molecule has 0 radical (unpaired) electrons. The molecular formula is C16H9ClINO2. The predicted octanol–water partition coefficient (Wildman–Crippen LogP) is 4.29. The monoisotopic (exact) mass is 409 g/mol. The topological polar surface area (TPSA) is 38.7 Å². The molecule has 0 atom stereocenters. The van der Waals surface area contributed by atoms with Gasteiger partial charge in [0.2, 0.25) is 5.90 Å². The van der Waals surface area contributed by atoms with Crippen molar-refractivity contribution in [3.63, 3.8) is 0 Å². The van der Waals surface area contributed by atoms with Crippen molar-refractivity contribution in [2.75, 3.05) is 0 Å². The number of cyclic esters (lactones) is 1. The average molecular weight is 410 g/mol. The molecule has 1 aliphatic heterocycles. The summed E-state index contributed by atoms with van der Waals surface area (Å²) in [5.41, 5.74) is 1.87. The van der Waals surface area contributed by atoms with Crippen molar-refractivity contribution in [1.29, 1.82) is 0 Å². The van der Waals surface area contributed by atoms with Crippen LogP contribution in [-0.2, 0) is 9.53 Å². The summed E-state index contributed by atoms with van der Waals surface area (Å²) in [6.45, 7) is 0. The average Bonchev–Trinajstić information content (AvgIpc) is 2.83. The van der Waals surface area contributed by atoms with Crippen LogP contribution in [0.4, 0.5) is 0 Å². The number of benzene rings is 2. The summed E-state index contributed by atoms with van der Waals surface area (Å²) < 4.78 is 6.32. The van der Waals surface area contributed by atoms with Crippen molar-refractivity contribution in [2.24, 2.45) is 4.99 Å². The van der Waals surface area contributed by atoms with Crippen molar-refractivity contribution in [3.8, 4) is 0 Å². The second kappa shape index (κ2) is 5.99. The maximum Gasteiger partial charge on any atom is 0.363 e. The van der Waals surface area contributed by atoms with Crippen LogP contribution in [0.5, 0.6) is 0 Å². The summed E-state index contributed by atoms with van der Waals surface area (Å²) in [4.78, 5) is 16.1. The molecule has 3 nitrogen and oxygen atoms in total. The number of nitrogens with zero attached hydrogens (tertiary/aromatic N) is 1. The Labute approximate surface area is 140 Å². The van der Waals surface area contributed by atoms with Crippen LogP contribution in [0.25, 0.3) is 6.08 Å². The van der Waals surface area contributed by atoms with E-state index in [1.807, 2.05) is 24.3 Å². The number of carbonyl (C=O) groups excluding carboxylic acids is 1. The lowest BCUT2D eigenvalue weighted by Crippen LogP contribution is -2.05. The fourth-order valence-corrected chi connectivity index (χ4v) is 2.42. The van der Waals surface area contributed by atoms with Gasteiger partial charge in [0.15, 0.2) is 5.70 Å². The Morgan fingerprint density at radius 2 is 1.90 bits per heavy atom. The molecule has 0 N–H and O–H groups in total. The standard InChI is InChI=1S/C16H9ClINO2/c17-12-3-1-2-11(9-12)15-19-14(16(20)21-15)8-10-4-6-13(18)7-5-10/h1-9H/b14-8-. The zero-order chi connectivity index (χ0) is 14.8. The van der Waals surface area contributed by atoms with Gasteiger partial charge in [-0.3, -0.25) is 0 Å². The van der Waals surface area contributed by atoms with Crippen LogP contribution in [0.3, 0.4) is 0 Å². The number of halogens is 2. The zero-order valence-electron chi connectivity index (χ0n) is 10.7. The Morgan fingerprint density at radius 1 is 1.14 bits per heavy atom. The van der Waals surface area contributed by atoms with Gasteiger partial charge in [0.05, 0.1) is 0 Å². The molecular weight excluding hydrogens is 401 g/mol. The van der Waals surface area contributed by atoms with E-state index in [1.54, 1.807) is 30.3 Å². The smallest absolute Gasteiger partial charge is 0.363 e. The first-order valence-corrected chi connectivity index (χ1v) is 7.61. The molecule has 0 aromatic heterocycles. The number of aliphatic imine (C=N–C) groups is 1. The number of carbonyl (C=O) groups is 1. The first-order valence-electron chi connectivity index (χ1n) is 6.16. The Hall–Kier alpha value is -1.66. The Bertz CT molecular complexity index is 766. The van der Waals surface area contributed by atoms with E-state index in [0.29, 0.717) is 10.6 Å². The number of esters is 1. The molecule has 0 unspecified atom stereocenters. The summed E-state index contributed by atoms with van der Waals surface area (Å²) in [6, 6.07) is 14.8. The second-order valence-electron chi connectivity index (χ2n) is 4.40. The van der Waals surface area contributed by atoms with Crippen molar-refractivity contribution >= 4 is 52.1 Å². The molecule has 21 heavy (non-hydrogen) atoms. The molecule has 1 aliphatic rings. The SMILES string of the molecule is O=C1OC(c2cccc(Cl)c2)=N/C1=C\c1ccc(I)cc1. The lowest BCUT2D eigenvalue weighted by atomic mass is 10.2. The van der Waals surface area contributed by atoms with E-state index in [1.165, 1.54) is 0 Å². The van der Waals surface area contributed by atoms with Gasteiger partial charge in [0.25, 0.3) is 0 Å². The molecule has 2 aromatic carbocycles. The molecule has 3 rings (SSSR count). The Kier molecular flexibility index (Phi) is 4.07. The highest BCUT2D eigenvalue weighted by atomic mass is 127. The van der Waals surface area contributed by atoms with Gasteiger partial charge in [-0.2, -0.15) is 0 Å². The Morgan fingerprint density at radius 3 is 2.62 bits per heavy atom. The van der Waals surface area contributed by atoms with Crippen molar-refractivity contribution < 1.29 is 9.53 Å². The summed E-state index contributed by atoms with van der Waals surface area (Å²) >= 11 is 8.16. The van der Waals surface area contributed by atoms with Gasteiger partial charge < -0.3 is 4.74 Å². The second-order valence-corrected chi connectivity index (χ2v) is 6.08. The minimum absolute atomic E-state index is 0.277. The van der Waals surface area contributed by atoms with E-state index < -0.39 is 5.97 Å². The van der Waals surface area contributed by atoms with Gasteiger partial charge in [0.1, 0.15) is 0 Å². The predicted molar refractivity (Wildman–Crippen MR) is 91.2 cm³/mol. The lowest BCUT2D eigenvalue weighted by Gasteiger charge is -1.98. The molecule has 0 amide bonds. The molecule has 0 spiro atoms. The number of hydrogen-bond donors (Lipinski definition) is 0. The highest BCUT2D eigenvalue weighted by Gasteiger charge is 2.24. The van der Waals surface area contributed by atoms with Crippen LogP contribution in [0.2, 0.25) is 5.02 Å². The molecule has 1 heterocycles. The van der Waals surface area contributed by atoms with Gasteiger partial charge in [-0.25, -0.2) is 9.79 Å². The lowest BCUT2D eigenvalue weighted by molar-refractivity contribution is -0.129. The van der Waals surface area contributed by atoms with Crippen molar-refractivity contribution in [1.82, 2.24) is 0 Å². The minimum Gasteiger partial charge on any atom is -0.402 e. The van der Waals surface area contributed by atoms with Gasteiger partial charge in [-0.1, -0.05) is 29.8 Å². The molecule has 0 bridgehead atoms. The van der Waals surface area contributed by atoms with Crippen LogP contribution in [0, 0.1) is 3.57 Å². The maximum atomic E-state index is 11.9. The summed E-state index contributed by atoms with van der Waals surface area (Å²) in [7, 11) is 0. The molecule has 104 valence electrons. The molecule has 2 aromatic rings. The fourth-order valence-electron chi connectivity index (χ4n) is 1.87. The van der Waals surface area contributed by atoms with E-state index in [4.69, 9.17) is 16.3 Å². The molecule has 0 aliphatic carbocycles. The van der Waals surface area contributed by atoms with Gasteiger partial charge in [-0.15, -0.1) is 0 Å². The summed E-state index contributed by atoms with van der Waals surface area (Å²) in [6.07, 6.45) is 1.70. The number of hydrogen-bond acceptors (Lipinski definition) is 3. The molecule has 0 saturated carbocycles. The van der Waals surface area contributed by atoms with E-state index >= 15 is 0 Å². The minimum atomic E-state index is -0.455. The summed E-state index contributed by atoms with van der Waals surface area (Å²) in [5.74, 6) is -0.178. The first kappa shape index (κ1) is 14.3.